The summed E-state index contributed by atoms with van der Waals surface area (Å²) in [5, 5.41) is 2.80. The molecule has 150 valence electrons. The Morgan fingerprint density at radius 2 is 1.54 bits per heavy atom. The molecule has 0 spiro atoms. The number of carbonyl (C=O) groups excluding carboxylic acids is 1. The number of nitrogens with zero attached hydrogens (tertiary/aromatic N) is 1. The third-order valence-corrected chi connectivity index (χ3v) is 6.84. The van der Waals surface area contributed by atoms with Crippen molar-refractivity contribution in [2.24, 2.45) is 0 Å². The van der Waals surface area contributed by atoms with E-state index in [1.165, 1.54) is 40.7 Å². The average molecular weight is 405 g/mol. The first-order valence-corrected chi connectivity index (χ1v) is 11.0. The van der Waals surface area contributed by atoms with Gasteiger partial charge in [-0.3, -0.25) is 4.79 Å². The molecule has 1 amide bonds. The van der Waals surface area contributed by atoms with Crippen LogP contribution in [0.2, 0.25) is 0 Å². The van der Waals surface area contributed by atoms with Crippen molar-refractivity contribution in [3.8, 4) is 0 Å². The van der Waals surface area contributed by atoms with Crippen LogP contribution in [0.4, 0.5) is 4.39 Å². The molecule has 1 aliphatic rings. The van der Waals surface area contributed by atoms with Crippen molar-refractivity contribution in [2.75, 3.05) is 19.6 Å². The van der Waals surface area contributed by atoms with Crippen molar-refractivity contribution in [3.63, 3.8) is 0 Å². The summed E-state index contributed by atoms with van der Waals surface area (Å²) < 4.78 is 40.0. The first kappa shape index (κ1) is 20.5. The van der Waals surface area contributed by atoms with Gasteiger partial charge in [-0.1, -0.05) is 25.0 Å². The van der Waals surface area contributed by atoms with Gasteiger partial charge in [0.15, 0.2) is 0 Å². The van der Waals surface area contributed by atoms with Crippen LogP contribution in [0.5, 0.6) is 0 Å². The topological polar surface area (TPSA) is 66.5 Å². The quantitative estimate of drug-likeness (QED) is 0.803. The number of nitrogens with one attached hydrogen (secondary N) is 1. The Hall–Kier alpha value is -2.25. The summed E-state index contributed by atoms with van der Waals surface area (Å²) in [5.74, 6) is -0.552. The van der Waals surface area contributed by atoms with Crippen LogP contribution in [-0.2, 0) is 16.4 Å². The Morgan fingerprint density at radius 1 is 0.929 bits per heavy atom. The summed E-state index contributed by atoms with van der Waals surface area (Å²) in [7, 11) is -3.51. The SMILES string of the molecule is O=C(NCCc1ccc(F)cc1)c1ccc(S(=O)(=O)N2CCCCCC2)cc1. The highest BCUT2D eigenvalue weighted by molar-refractivity contribution is 7.89. The highest BCUT2D eigenvalue weighted by Gasteiger charge is 2.25. The predicted molar refractivity (Wildman–Crippen MR) is 106 cm³/mol. The van der Waals surface area contributed by atoms with Gasteiger partial charge in [-0.05, 0) is 61.2 Å². The van der Waals surface area contributed by atoms with Crippen LogP contribution in [0.15, 0.2) is 53.4 Å². The summed E-state index contributed by atoms with van der Waals surface area (Å²) in [6.45, 7) is 1.51. The first-order chi connectivity index (χ1) is 13.5. The average Bonchev–Trinajstić information content (AvgIpc) is 3.00. The van der Waals surface area contributed by atoms with Crippen molar-refractivity contribution in [1.29, 1.82) is 0 Å². The van der Waals surface area contributed by atoms with E-state index in [-0.39, 0.29) is 16.6 Å². The molecule has 1 N–H and O–H groups in total. The standard InChI is InChI=1S/C21H25FN2O3S/c22-19-9-5-17(6-10-19)13-14-23-21(25)18-7-11-20(12-8-18)28(26,27)24-15-3-1-2-4-16-24/h5-12H,1-4,13-16H2,(H,23,25). The molecule has 0 atom stereocenters. The second kappa shape index (κ2) is 9.30. The Labute approximate surface area is 165 Å². The number of hydrogen-bond donors (Lipinski definition) is 1. The van der Waals surface area contributed by atoms with Gasteiger partial charge in [0.1, 0.15) is 5.82 Å². The maximum absolute atomic E-state index is 12.9. The fourth-order valence-corrected chi connectivity index (χ4v) is 4.80. The molecule has 0 unspecified atom stereocenters. The van der Waals surface area contributed by atoms with Crippen molar-refractivity contribution >= 4 is 15.9 Å². The van der Waals surface area contributed by atoms with Crippen LogP contribution in [-0.4, -0.2) is 38.3 Å². The van der Waals surface area contributed by atoms with Crippen LogP contribution < -0.4 is 5.32 Å². The Morgan fingerprint density at radius 3 is 2.14 bits per heavy atom. The van der Waals surface area contributed by atoms with E-state index in [0.29, 0.717) is 31.6 Å². The second-order valence-electron chi connectivity index (χ2n) is 6.98. The molecule has 2 aromatic carbocycles. The third kappa shape index (κ3) is 5.17. The first-order valence-electron chi connectivity index (χ1n) is 9.60. The highest BCUT2D eigenvalue weighted by atomic mass is 32.2. The van der Waals surface area contributed by atoms with E-state index in [0.717, 1.165) is 31.2 Å². The third-order valence-electron chi connectivity index (χ3n) is 4.93. The van der Waals surface area contributed by atoms with Gasteiger partial charge in [-0.2, -0.15) is 4.31 Å². The zero-order valence-corrected chi connectivity index (χ0v) is 16.6. The second-order valence-corrected chi connectivity index (χ2v) is 8.91. The Balaban J connectivity index is 1.58. The molecule has 0 aliphatic carbocycles. The van der Waals surface area contributed by atoms with Crippen molar-refractivity contribution in [1.82, 2.24) is 9.62 Å². The molecular weight excluding hydrogens is 379 g/mol. The number of benzene rings is 2. The van der Waals surface area contributed by atoms with Crippen LogP contribution in [0.25, 0.3) is 0 Å². The minimum absolute atomic E-state index is 0.220. The van der Waals surface area contributed by atoms with E-state index >= 15 is 0 Å². The summed E-state index contributed by atoms with van der Waals surface area (Å²) in [6.07, 6.45) is 4.47. The number of carbonyl (C=O) groups is 1. The molecule has 0 radical (unpaired) electrons. The summed E-state index contributed by atoms with van der Waals surface area (Å²) in [6, 6.07) is 12.2. The molecule has 5 nitrogen and oxygen atoms in total. The van der Waals surface area contributed by atoms with Crippen LogP contribution in [0.3, 0.4) is 0 Å². The zero-order chi connectivity index (χ0) is 20.0. The van der Waals surface area contributed by atoms with Gasteiger partial charge in [-0.15, -0.1) is 0 Å². The van der Waals surface area contributed by atoms with Gasteiger partial charge in [0, 0.05) is 25.2 Å². The lowest BCUT2D eigenvalue weighted by Gasteiger charge is -2.20. The Kier molecular flexibility index (Phi) is 6.80. The predicted octanol–water partition coefficient (Wildman–Crippen LogP) is 3.36. The van der Waals surface area contributed by atoms with E-state index in [2.05, 4.69) is 5.32 Å². The monoisotopic (exact) mass is 404 g/mol. The number of sulfonamides is 1. The maximum Gasteiger partial charge on any atom is 0.251 e. The number of halogens is 1. The lowest BCUT2D eigenvalue weighted by molar-refractivity contribution is 0.0954. The molecule has 28 heavy (non-hydrogen) atoms. The molecule has 0 aromatic heterocycles. The smallest absolute Gasteiger partial charge is 0.251 e. The molecule has 1 saturated heterocycles. The molecule has 2 aromatic rings. The minimum Gasteiger partial charge on any atom is -0.352 e. The molecule has 0 saturated carbocycles. The van der Waals surface area contributed by atoms with E-state index in [4.69, 9.17) is 0 Å². The molecule has 7 heteroatoms. The van der Waals surface area contributed by atoms with Gasteiger partial charge in [0.2, 0.25) is 10.0 Å². The molecule has 1 heterocycles. The van der Waals surface area contributed by atoms with Crippen LogP contribution in [0.1, 0.15) is 41.6 Å². The van der Waals surface area contributed by atoms with Crippen molar-refractivity contribution in [2.45, 2.75) is 37.0 Å². The van der Waals surface area contributed by atoms with Crippen LogP contribution >= 0.6 is 0 Å². The fraction of sp³-hybridized carbons (Fsp3) is 0.381. The highest BCUT2D eigenvalue weighted by Crippen LogP contribution is 2.20. The molecule has 1 aliphatic heterocycles. The molecule has 3 rings (SSSR count). The van der Waals surface area contributed by atoms with Gasteiger partial charge in [0.25, 0.3) is 5.91 Å². The van der Waals surface area contributed by atoms with E-state index < -0.39 is 10.0 Å². The molecule has 0 bridgehead atoms. The lowest BCUT2D eigenvalue weighted by Crippen LogP contribution is -2.32. The maximum atomic E-state index is 12.9. The van der Waals surface area contributed by atoms with E-state index in [1.54, 1.807) is 12.1 Å². The zero-order valence-electron chi connectivity index (χ0n) is 15.7. The van der Waals surface area contributed by atoms with Crippen molar-refractivity contribution < 1.29 is 17.6 Å². The summed E-state index contributed by atoms with van der Waals surface area (Å²) in [5.41, 5.74) is 1.34. The number of rotatable bonds is 6. The fourth-order valence-electron chi connectivity index (χ4n) is 3.28. The van der Waals surface area contributed by atoms with Gasteiger partial charge >= 0.3 is 0 Å². The number of amides is 1. The minimum atomic E-state index is -3.51. The van der Waals surface area contributed by atoms with Crippen LogP contribution in [0, 0.1) is 5.82 Å². The Bertz CT molecular complexity index is 888. The normalized spacial score (nSPS) is 15.8. The van der Waals surface area contributed by atoms with Gasteiger partial charge < -0.3 is 5.32 Å². The van der Waals surface area contributed by atoms with Gasteiger partial charge in [0.05, 0.1) is 4.90 Å². The summed E-state index contributed by atoms with van der Waals surface area (Å²) in [4.78, 5) is 12.5. The van der Waals surface area contributed by atoms with E-state index in [1.807, 2.05) is 0 Å². The molecule has 1 fully saturated rings. The molecular formula is C21H25FN2O3S. The number of hydrogen-bond acceptors (Lipinski definition) is 3. The van der Waals surface area contributed by atoms with E-state index in [9.17, 15) is 17.6 Å². The van der Waals surface area contributed by atoms with Crippen molar-refractivity contribution in [3.05, 3.63) is 65.5 Å². The van der Waals surface area contributed by atoms with Gasteiger partial charge in [-0.25, -0.2) is 12.8 Å². The largest absolute Gasteiger partial charge is 0.352 e. The summed E-state index contributed by atoms with van der Waals surface area (Å²) >= 11 is 0. The lowest BCUT2D eigenvalue weighted by atomic mass is 10.1.